The van der Waals surface area contributed by atoms with Gasteiger partial charge in [0.25, 0.3) is 0 Å². The molecule has 3 aliphatic rings. The fourth-order valence-electron chi connectivity index (χ4n) is 5.04. The highest BCUT2D eigenvalue weighted by Crippen LogP contribution is 2.53. The number of carboxylic acids is 1. The molecule has 2 fully saturated rings. The first-order valence-corrected chi connectivity index (χ1v) is 10.1. The number of aryl methyl sites for hydroxylation is 1. The maximum absolute atomic E-state index is 13.4. The average molecular weight is 399 g/mol. The fourth-order valence-corrected chi connectivity index (χ4v) is 5.04. The van der Waals surface area contributed by atoms with Gasteiger partial charge in [-0.3, -0.25) is 29.4 Å². The summed E-state index contributed by atoms with van der Waals surface area (Å²) in [5.74, 6) is -3.59. The molecule has 0 saturated carbocycles. The van der Waals surface area contributed by atoms with Crippen molar-refractivity contribution in [2.24, 2.45) is 11.8 Å². The highest BCUT2D eigenvalue weighted by Gasteiger charge is 2.70. The van der Waals surface area contributed by atoms with Crippen LogP contribution in [-0.2, 0) is 24.7 Å². The predicted molar refractivity (Wildman–Crippen MR) is 104 cm³/mol. The molecule has 2 saturated heterocycles. The van der Waals surface area contributed by atoms with Crippen molar-refractivity contribution in [2.45, 2.75) is 51.1 Å². The molecule has 3 heterocycles. The van der Waals surface area contributed by atoms with Crippen LogP contribution in [0, 0.1) is 18.8 Å². The normalized spacial score (nSPS) is 30.1. The number of hydrogen-bond acceptors (Lipinski definition) is 5. The van der Waals surface area contributed by atoms with Crippen molar-refractivity contribution in [1.82, 2.24) is 10.2 Å². The lowest BCUT2D eigenvalue weighted by Gasteiger charge is -2.29. The summed E-state index contributed by atoms with van der Waals surface area (Å²) in [5, 5.41) is 15.2. The van der Waals surface area contributed by atoms with Crippen molar-refractivity contribution >= 4 is 29.4 Å². The van der Waals surface area contributed by atoms with E-state index in [-0.39, 0.29) is 30.6 Å². The molecule has 8 heteroatoms. The fraction of sp³-hybridized carbons (Fsp3) is 0.524. The highest BCUT2D eigenvalue weighted by atomic mass is 16.4. The molecule has 3 N–H and O–H groups in total. The molecule has 3 amide bonds. The van der Waals surface area contributed by atoms with Gasteiger partial charge in [-0.25, -0.2) is 0 Å². The summed E-state index contributed by atoms with van der Waals surface area (Å²) >= 11 is 0. The molecular weight excluding hydrogens is 374 g/mol. The Kier molecular flexibility index (Phi) is 4.69. The number of amides is 3. The Labute approximate surface area is 168 Å². The second kappa shape index (κ2) is 6.95. The number of nitrogens with zero attached hydrogens (tertiary/aromatic N) is 1. The van der Waals surface area contributed by atoms with E-state index in [0.717, 1.165) is 12.0 Å². The lowest BCUT2D eigenvalue weighted by Crippen LogP contribution is -2.53. The summed E-state index contributed by atoms with van der Waals surface area (Å²) in [4.78, 5) is 52.1. The lowest BCUT2D eigenvalue weighted by molar-refractivity contribution is -0.143. The van der Waals surface area contributed by atoms with Crippen molar-refractivity contribution < 1.29 is 24.3 Å². The van der Waals surface area contributed by atoms with E-state index in [9.17, 15) is 19.2 Å². The van der Waals surface area contributed by atoms with E-state index in [0.29, 0.717) is 24.2 Å². The molecule has 0 aromatic heterocycles. The van der Waals surface area contributed by atoms with Crippen molar-refractivity contribution in [3.05, 3.63) is 29.3 Å². The molecular formula is C21H25N3O5. The van der Waals surface area contributed by atoms with Gasteiger partial charge in [-0.05, 0) is 25.8 Å². The number of fused-ring (bicyclic) bond motifs is 4. The molecule has 8 nitrogen and oxygen atoms in total. The first-order valence-electron chi connectivity index (χ1n) is 10.1. The predicted octanol–water partition coefficient (Wildman–Crippen LogP) is 1.38. The van der Waals surface area contributed by atoms with Crippen molar-refractivity contribution in [3.8, 4) is 0 Å². The third-order valence-corrected chi connectivity index (χ3v) is 6.37. The minimum atomic E-state index is -1.34. The summed E-state index contributed by atoms with van der Waals surface area (Å²) in [7, 11) is 0. The van der Waals surface area contributed by atoms with Crippen molar-refractivity contribution in [1.29, 1.82) is 0 Å². The number of carbonyl (C=O) groups is 4. The summed E-state index contributed by atoms with van der Waals surface area (Å²) in [6.07, 6.45) is 1.56. The molecule has 4 atom stereocenters. The van der Waals surface area contributed by atoms with Crippen LogP contribution in [0.15, 0.2) is 18.2 Å². The zero-order valence-corrected chi connectivity index (χ0v) is 16.5. The molecule has 0 aliphatic carbocycles. The number of likely N-dealkylation sites (tertiary alicyclic amines) is 1. The van der Waals surface area contributed by atoms with Crippen LogP contribution in [0.1, 0.15) is 43.7 Å². The van der Waals surface area contributed by atoms with Gasteiger partial charge < -0.3 is 10.4 Å². The van der Waals surface area contributed by atoms with Gasteiger partial charge in [-0.15, -0.1) is 0 Å². The molecule has 4 unspecified atom stereocenters. The van der Waals surface area contributed by atoms with Gasteiger partial charge in [0.2, 0.25) is 17.7 Å². The minimum absolute atomic E-state index is 0.143. The average Bonchev–Trinajstić information content (AvgIpc) is 3.24. The van der Waals surface area contributed by atoms with E-state index in [1.54, 1.807) is 6.07 Å². The molecule has 1 spiro atoms. The Morgan fingerprint density at radius 2 is 2.00 bits per heavy atom. The van der Waals surface area contributed by atoms with Gasteiger partial charge in [0, 0.05) is 30.3 Å². The third kappa shape index (κ3) is 2.77. The molecule has 1 aromatic rings. The van der Waals surface area contributed by atoms with Crippen LogP contribution in [0.3, 0.4) is 0 Å². The maximum atomic E-state index is 13.4. The van der Waals surface area contributed by atoms with Crippen LogP contribution >= 0.6 is 0 Å². The Bertz CT molecular complexity index is 914. The van der Waals surface area contributed by atoms with E-state index >= 15 is 0 Å². The van der Waals surface area contributed by atoms with Crippen LogP contribution in [0.2, 0.25) is 0 Å². The zero-order valence-electron chi connectivity index (χ0n) is 16.5. The molecule has 29 heavy (non-hydrogen) atoms. The van der Waals surface area contributed by atoms with Crippen LogP contribution in [0.5, 0.6) is 0 Å². The number of aliphatic carboxylic acids is 1. The number of benzene rings is 1. The number of anilines is 1. The Morgan fingerprint density at radius 3 is 2.69 bits per heavy atom. The standard InChI is InChI=1S/C21H25N3O5/c1-3-4-9-24-18(27)16-14(7-8-15(25)26)23-21(17(16)19(24)28)12-10-11(2)5-6-13(12)22-20(21)29/h5-6,10,14,16-17,23H,3-4,7-9H2,1-2H3,(H,22,29)(H,25,26). The van der Waals surface area contributed by atoms with Gasteiger partial charge >= 0.3 is 5.97 Å². The van der Waals surface area contributed by atoms with E-state index < -0.39 is 29.4 Å². The van der Waals surface area contributed by atoms with Gasteiger partial charge in [-0.1, -0.05) is 31.0 Å². The quantitative estimate of drug-likeness (QED) is 0.623. The second-order valence-electron chi connectivity index (χ2n) is 8.18. The molecule has 154 valence electrons. The first-order chi connectivity index (χ1) is 13.8. The Balaban J connectivity index is 1.81. The molecule has 1 aromatic carbocycles. The lowest BCUT2D eigenvalue weighted by atomic mass is 9.76. The largest absolute Gasteiger partial charge is 0.481 e. The van der Waals surface area contributed by atoms with Crippen molar-refractivity contribution in [2.75, 3.05) is 11.9 Å². The van der Waals surface area contributed by atoms with Crippen LogP contribution < -0.4 is 10.6 Å². The zero-order chi connectivity index (χ0) is 20.9. The first kappa shape index (κ1) is 19.6. The number of rotatable bonds is 6. The third-order valence-electron chi connectivity index (χ3n) is 6.37. The van der Waals surface area contributed by atoms with Crippen LogP contribution in [0.25, 0.3) is 0 Å². The summed E-state index contributed by atoms with van der Waals surface area (Å²) in [6.45, 7) is 4.21. The summed E-state index contributed by atoms with van der Waals surface area (Å²) in [5.41, 5.74) is 0.876. The van der Waals surface area contributed by atoms with Gasteiger partial charge in [0.05, 0.1) is 11.8 Å². The van der Waals surface area contributed by atoms with E-state index in [4.69, 9.17) is 5.11 Å². The monoisotopic (exact) mass is 399 g/mol. The van der Waals surface area contributed by atoms with E-state index in [2.05, 4.69) is 10.6 Å². The maximum Gasteiger partial charge on any atom is 0.303 e. The number of nitrogens with one attached hydrogen (secondary N) is 2. The van der Waals surface area contributed by atoms with Gasteiger partial charge in [0.1, 0.15) is 5.54 Å². The van der Waals surface area contributed by atoms with Crippen molar-refractivity contribution in [3.63, 3.8) is 0 Å². The number of unbranched alkanes of at least 4 members (excludes halogenated alkanes) is 1. The smallest absolute Gasteiger partial charge is 0.303 e. The number of imide groups is 1. The molecule has 0 bridgehead atoms. The molecule has 0 radical (unpaired) electrons. The number of carboxylic acid groups (broad SMARTS) is 1. The Hall–Kier alpha value is -2.74. The van der Waals surface area contributed by atoms with E-state index in [1.165, 1.54) is 4.90 Å². The topological polar surface area (TPSA) is 116 Å². The summed E-state index contributed by atoms with van der Waals surface area (Å²) < 4.78 is 0. The Morgan fingerprint density at radius 1 is 1.24 bits per heavy atom. The minimum Gasteiger partial charge on any atom is -0.481 e. The molecule has 4 rings (SSSR count). The van der Waals surface area contributed by atoms with Gasteiger partial charge in [0.15, 0.2) is 0 Å². The van der Waals surface area contributed by atoms with Gasteiger partial charge in [-0.2, -0.15) is 0 Å². The number of carbonyl (C=O) groups excluding carboxylic acids is 3. The summed E-state index contributed by atoms with van der Waals surface area (Å²) in [6, 6.07) is 4.98. The van der Waals surface area contributed by atoms with Crippen LogP contribution in [0.4, 0.5) is 5.69 Å². The van der Waals surface area contributed by atoms with E-state index in [1.807, 2.05) is 26.0 Å². The highest BCUT2D eigenvalue weighted by molar-refractivity contribution is 6.15. The second-order valence-corrected chi connectivity index (χ2v) is 8.18. The molecule has 3 aliphatic heterocycles. The number of hydrogen-bond donors (Lipinski definition) is 3. The van der Waals surface area contributed by atoms with Crippen LogP contribution in [-0.4, -0.2) is 46.3 Å². The SMILES string of the molecule is CCCCN1C(=O)C2C(CCC(=O)O)NC3(C(=O)Nc4ccc(C)cc43)C2C1=O.